The fraction of sp³-hybridized carbons (Fsp3) is 0.467. The van der Waals surface area contributed by atoms with Gasteiger partial charge in [-0.25, -0.2) is 4.98 Å². The molecule has 0 bridgehead atoms. The molecular formula is C15H18N4O4. The van der Waals surface area contributed by atoms with Crippen LogP contribution >= 0.6 is 0 Å². The average Bonchev–Trinajstić information content (AvgIpc) is 2.97. The lowest BCUT2D eigenvalue weighted by Crippen LogP contribution is -2.55. The molecule has 1 N–H and O–H groups in total. The Balaban J connectivity index is 1.66. The van der Waals surface area contributed by atoms with Crippen LogP contribution < -0.4 is 10.1 Å². The van der Waals surface area contributed by atoms with Crippen molar-refractivity contribution < 1.29 is 19.1 Å². The van der Waals surface area contributed by atoms with Crippen molar-refractivity contribution in [3.63, 3.8) is 0 Å². The number of nitrogens with zero attached hydrogens (tertiary/aromatic N) is 3. The maximum Gasteiger partial charge on any atom is 0.253 e. The molecule has 2 fully saturated rings. The van der Waals surface area contributed by atoms with Crippen LogP contribution in [0.25, 0.3) is 0 Å². The van der Waals surface area contributed by atoms with Crippen molar-refractivity contribution in [2.45, 2.75) is 18.5 Å². The summed E-state index contributed by atoms with van der Waals surface area (Å²) >= 11 is 0. The number of carbonyl (C=O) groups is 3. The number of rotatable bonds is 3. The number of carbonyl (C=O) groups excluding carboxylic acids is 3. The van der Waals surface area contributed by atoms with Crippen LogP contribution in [0.15, 0.2) is 18.3 Å². The maximum absolute atomic E-state index is 12.2. The third kappa shape index (κ3) is 2.84. The molecule has 0 aromatic carbocycles. The van der Waals surface area contributed by atoms with Gasteiger partial charge in [0.2, 0.25) is 17.7 Å². The number of hydrogen-bond donors (Lipinski definition) is 1. The highest BCUT2D eigenvalue weighted by Gasteiger charge is 2.44. The molecule has 0 unspecified atom stereocenters. The number of nitrogens with one attached hydrogen (secondary N) is 1. The topological polar surface area (TPSA) is 91.8 Å². The van der Waals surface area contributed by atoms with E-state index in [1.54, 1.807) is 24.1 Å². The fourth-order valence-corrected chi connectivity index (χ4v) is 2.98. The SMILES string of the molecule is COc1ccc(C(=O)N[C@H]2C[C@H]3C(=O)N(C)CC(=O)N3C2)cn1. The Morgan fingerprint density at radius 3 is 2.83 bits per heavy atom. The van der Waals surface area contributed by atoms with Crippen molar-refractivity contribution in [1.29, 1.82) is 0 Å². The van der Waals surface area contributed by atoms with E-state index in [1.165, 1.54) is 18.2 Å². The zero-order valence-electron chi connectivity index (χ0n) is 13.0. The van der Waals surface area contributed by atoms with Crippen molar-refractivity contribution in [2.24, 2.45) is 0 Å². The Morgan fingerprint density at radius 1 is 1.39 bits per heavy atom. The standard InChI is InChI=1S/C15H18N4O4/c1-18-8-13(20)19-7-10(5-11(19)15(18)22)17-14(21)9-3-4-12(23-2)16-6-9/h3-4,6,10-11H,5,7-8H2,1-2H3,(H,17,21)/t10-,11-/m0/s1. The van der Waals surface area contributed by atoms with Crippen molar-refractivity contribution in [2.75, 3.05) is 27.2 Å². The summed E-state index contributed by atoms with van der Waals surface area (Å²) in [6, 6.07) is 2.51. The molecule has 1 aromatic heterocycles. The van der Waals surface area contributed by atoms with Gasteiger partial charge in [-0.05, 0) is 12.5 Å². The molecule has 8 heteroatoms. The number of amides is 3. The lowest BCUT2D eigenvalue weighted by molar-refractivity contribution is -0.152. The Hall–Kier alpha value is -2.64. The Morgan fingerprint density at radius 2 is 2.17 bits per heavy atom. The smallest absolute Gasteiger partial charge is 0.253 e. The minimum absolute atomic E-state index is 0.0764. The lowest BCUT2D eigenvalue weighted by atomic mass is 10.1. The van der Waals surface area contributed by atoms with Crippen LogP contribution in [0.4, 0.5) is 0 Å². The first-order valence-electron chi connectivity index (χ1n) is 7.35. The summed E-state index contributed by atoms with van der Waals surface area (Å²) in [4.78, 5) is 43.3. The summed E-state index contributed by atoms with van der Waals surface area (Å²) in [5.74, 6) is -0.00976. The summed E-state index contributed by atoms with van der Waals surface area (Å²) < 4.78 is 4.95. The van der Waals surface area contributed by atoms with Crippen molar-refractivity contribution in [3.8, 4) is 5.88 Å². The molecule has 0 radical (unpaired) electrons. The Labute approximate surface area is 133 Å². The molecule has 2 aliphatic heterocycles. The van der Waals surface area contributed by atoms with Crippen LogP contribution in [0, 0.1) is 0 Å². The monoisotopic (exact) mass is 318 g/mol. The third-order valence-electron chi connectivity index (χ3n) is 4.20. The van der Waals surface area contributed by atoms with E-state index in [0.717, 1.165) is 0 Å². The van der Waals surface area contributed by atoms with Gasteiger partial charge in [0, 0.05) is 31.9 Å². The van der Waals surface area contributed by atoms with Crippen LogP contribution in [-0.4, -0.2) is 71.8 Å². The molecule has 0 spiro atoms. The number of ether oxygens (including phenoxy) is 1. The van der Waals surface area contributed by atoms with Crippen LogP contribution in [-0.2, 0) is 9.59 Å². The molecule has 2 aliphatic rings. The summed E-state index contributed by atoms with van der Waals surface area (Å²) in [5, 5.41) is 2.86. The molecule has 3 rings (SSSR count). The second-order valence-corrected chi connectivity index (χ2v) is 5.75. The van der Waals surface area contributed by atoms with E-state index in [2.05, 4.69) is 10.3 Å². The molecule has 3 amide bonds. The number of pyridine rings is 1. The van der Waals surface area contributed by atoms with Crippen LogP contribution in [0.2, 0.25) is 0 Å². The average molecular weight is 318 g/mol. The van der Waals surface area contributed by atoms with Gasteiger partial charge in [-0.3, -0.25) is 14.4 Å². The van der Waals surface area contributed by atoms with Crippen molar-refractivity contribution in [3.05, 3.63) is 23.9 Å². The largest absolute Gasteiger partial charge is 0.481 e. The van der Waals surface area contributed by atoms with Gasteiger partial charge < -0.3 is 19.9 Å². The van der Waals surface area contributed by atoms with Gasteiger partial charge in [0.15, 0.2) is 0 Å². The van der Waals surface area contributed by atoms with E-state index in [4.69, 9.17) is 4.74 Å². The first-order valence-corrected chi connectivity index (χ1v) is 7.35. The number of fused-ring (bicyclic) bond motifs is 1. The third-order valence-corrected chi connectivity index (χ3v) is 4.20. The van der Waals surface area contributed by atoms with Gasteiger partial charge in [-0.1, -0.05) is 0 Å². The van der Waals surface area contributed by atoms with Crippen molar-refractivity contribution in [1.82, 2.24) is 20.1 Å². The van der Waals surface area contributed by atoms with E-state index in [9.17, 15) is 14.4 Å². The predicted molar refractivity (Wildman–Crippen MR) is 79.8 cm³/mol. The number of methoxy groups -OCH3 is 1. The molecule has 0 saturated carbocycles. The Bertz CT molecular complexity index is 645. The first kappa shape index (κ1) is 15.3. The summed E-state index contributed by atoms with van der Waals surface area (Å²) in [6.45, 7) is 0.455. The lowest BCUT2D eigenvalue weighted by Gasteiger charge is -2.33. The molecule has 8 nitrogen and oxygen atoms in total. The van der Waals surface area contributed by atoms with Gasteiger partial charge in [0.1, 0.15) is 6.04 Å². The second-order valence-electron chi connectivity index (χ2n) is 5.75. The molecule has 2 saturated heterocycles. The van der Waals surface area contributed by atoms with Crippen LogP contribution in [0.1, 0.15) is 16.8 Å². The molecule has 122 valence electrons. The second kappa shape index (κ2) is 5.86. The fourth-order valence-electron chi connectivity index (χ4n) is 2.98. The molecule has 3 heterocycles. The number of likely N-dealkylation sites (N-methyl/N-ethyl adjacent to an activating group) is 1. The number of piperazine rings is 1. The van der Waals surface area contributed by atoms with Gasteiger partial charge in [0.05, 0.1) is 19.2 Å². The Kier molecular flexibility index (Phi) is 3.89. The van der Waals surface area contributed by atoms with Gasteiger partial charge in [0.25, 0.3) is 5.91 Å². The minimum atomic E-state index is -0.472. The zero-order chi connectivity index (χ0) is 16.6. The number of aromatic nitrogens is 1. The molecule has 2 atom stereocenters. The van der Waals surface area contributed by atoms with Gasteiger partial charge in [-0.15, -0.1) is 0 Å². The highest BCUT2D eigenvalue weighted by Crippen LogP contribution is 2.23. The molecule has 23 heavy (non-hydrogen) atoms. The quantitative estimate of drug-likeness (QED) is 0.793. The normalized spacial score (nSPS) is 23.7. The maximum atomic E-state index is 12.2. The van der Waals surface area contributed by atoms with Gasteiger partial charge >= 0.3 is 0 Å². The molecule has 0 aliphatic carbocycles. The summed E-state index contributed by atoms with van der Waals surface area (Å²) in [7, 11) is 3.12. The van der Waals surface area contributed by atoms with E-state index < -0.39 is 6.04 Å². The predicted octanol–water partition coefficient (Wildman–Crippen LogP) is -0.738. The highest BCUT2D eigenvalue weighted by molar-refractivity contribution is 5.96. The summed E-state index contributed by atoms with van der Waals surface area (Å²) in [5.41, 5.74) is 0.408. The minimum Gasteiger partial charge on any atom is -0.481 e. The zero-order valence-corrected chi connectivity index (χ0v) is 13.0. The van der Waals surface area contributed by atoms with Crippen molar-refractivity contribution >= 4 is 17.7 Å². The highest BCUT2D eigenvalue weighted by atomic mass is 16.5. The van der Waals surface area contributed by atoms with E-state index in [1.807, 2.05) is 0 Å². The first-order chi connectivity index (χ1) is 11.0. The summed E-state index contributed by atoms with van der Waals surface area (Å²) in [6.07, 6.45) is 1.87. The molecular weight excluding hydrogens is 300 g/mol. The van der Waals surface area contributed by atoms with E-state index in [0.29, 0.717) is 24.4 Å². The van der Waals surface area contributed by atoms with Crippen LogP contribution in [0.5, 0.6) is 5.88 Å². The van der Waals surface area contributed by atoms with Crippen LogP contribution in [0.3, 0.4) is 0 Å². The number of hydrogen-bond acceptors (Lipinski definition) is 5. The van der Waals surface area contributed by atoms with E-state index >= 15 is 0 Å². The van der Waals surface area contributed by atoms with Gasteiger partial charge in [-0.2, -0.15) is 0 Å². The molecule has 1 aromatic rings. The van der Waals surface area contributed by atoms with E-state index in [-0.39, 0.29) is 30.3 Å².